The van der Waals surface area contributed by atoms with Gasteiger partial charge < -0.3 is 9.47 Å². The third-order valence-corrected chi connectivity index (χ3v) is 6.82. The van der Waals surface area contributed by atoms with Gasteiger partial charge in [0.2, 0.25) is 0 Å². The average Bonchev–Trinajstić information content (AvgIpc) is 2.86. The fourth-order valence-electron chi connectivity index (χ4n) is 3.04. The lowest BCUT2D eigenvalue weighted by Gasteiger charge is -2.19. The van der Waals surface area contributed by atoms with Crippen LogP contribution in [0.25, 0.3) is 0 Å². The molecule has 0 saturated heterocycles. The predicted octanol–water partition coefficient (Wildman–Crippen LogP) is 3.68. The van der Waals surface area contributed by atoms with Gasteiger partial charge in [0, 0.05) is 18.2 Å². The lowest BCUT2D eigenvalue weighted by Crippen LogP contribution is -2.26. The van der Waals surface area contributed by atoms with Gasteiger partial charge in [0.25, 0.3) is 15.9 Å². The van der Waals surface area contributed by atoms with Gasteiger partial charge in [-0.05, 0) is 61.5 Å². The summed E-state index contributed by atoms with van der Waals surface area (Å²) in [6.45, 7) is 1.76. The predicted molar refractivity (Wildman–Crippen MR) is 128 cm³/mol. The van der Waals surface area contributed by atoms with Crippen molar-refractivity contribution in [1.82, 2.24) is 5.43 Å². The summed E-state index contributed by atoms with van der Waals surface area (Å²) in [5, 5.41) is 4.15. The van der Waals surface area contributed by atoms with Crippen LogP contribution in [-0.2, 0) is 10.0 Å². The number of hydrogen-bond acceptors (Lipinski definition) is 6. The lowest BCUT2D eigenvalue weighted by molar-refractivity contribution is 0.0955. The first-order chi connectivity index (χ1) is 15.8. The van der Waals surface area contributed by atoms with Crippen LogP contribution in [0.1, 0.15) is 22.8 Å². The van der Waals surface area contributed by atoms with E-state index in [2.05, 4.69) is 10.5 Å². The Morgan fingerprint density at radius 1 is 0.879 bits per heavy atom. The molecule has 172 valence electrons. The molecule has 0 fully saturated rings. The van der Waals surface area contributed by atoms with Crippen LogP contribution < -0.4 is 19.2 Å². The quantitative estimate of drug-likeness (QED) is 0.403. The fraction of sp³-hybridized carbons (Fsp3) is 0.167. The number of hydrogen-bond donors (Lipinski definition) is 1. The van der Waals surface area contributed by atoms with E-state index in [0.29, 0.717) is 28.5 Å². The smallest absolute Gasteiger partial charge is 0.271 e. The van der Waals surface area contributed by atoms with Crippen molar-refractivity contribution in [2.24, 2.45) is 5.10 Å². The molecule has 1 N–H and O–H groups in total. The van der Waals surface area contributed by atoms with E-state index in [1.165, 1.54) is 23.5 Å². The summed E-state index contributed by atoms with van der Waals surface area (Å²) in [5.74, 6) is 0.730. The highest BCUT2D eigenvalue weighted by molar-refractivity contribution is 7.92. The van der Waals surface area contributed by atoms with Crippen LogP contribution in [0.15, 0.2) is 82.8 Å². The van der Waals surface area contributed by atoms with E-state index in [0.717, 1.165) is 5.56 Å². The number of hydrazone groups is 1. The molecular formula is C24H25N3O5S. The molecule has 0 aliphatic carbocycles. The van der Waals surface area contributed by atoms with E-state index in [1.807, 2.05) is 6.07 Å². The number of carbonyl (C=O) groups excluding carboxylic acids is 1. The Morgan fingerprint density at radius 2 is 1.48 bits per heavy atom. The van der Waals surface area contributed by atoms with Gasteiger partial charge in [-0.3, -0.25) is 9.10 Å². The Hall–Kier alpha value is -3.85. The Kier molecular flexibility index (Phi) is 7.34. The number of benzene rings is 3. The number of carbonyl (C=O) groups is 1. The molecular weight excluding hydrogens is 442 g/mol. The van der Waals surface area contributed by atoms with Crippen molar-refractivity contribution in [2.75, 3.05) is 25.6 Å². The van der Waals surface area contributed by atoms with Crippen LogP contribution in [0, 0.1) is 0 Å². The highest BCUT2D eigenvalue weighted by Crippen LogP contribution is 2.27. The standard InChI is InChI=1S/C24H25N3O5S/c1-17(19-12-15-22(31-3)23(16-19)32-4)25-26-24(28)18-10-13-20(14-11-18)27(2)33(29,30)21-8-6-5-7-9-21/h5-16H,1-4H3,(H,26,28). The number of methoxy groups -OCH3 is 2. The number of anilines is 1. The molecule has 33 heavy (non-hydrogen) atoms. The summed E-state index contributed by atoms with van der Waals surface area (Å²) in [7, 11) is 0.868. The largest absolute Gasteiger partial charge is 0.493 e. The van der Waals surface area contributed by atoms with Crippen molar-refractivity contribution >= 4 is 27.3 Å². The summed E-state index contributed by atoms with van der Waals surface area (Å²) < 4.78 is 37.2. The van der Waals surface area contributed by atoms with Crippen molar-refractivity contribution < 1.29 is 22.7 Å². The molecule has 0 atom stereocenters. The normalized spacial score (nSPS) is 11.6. The van der Waals surface area contributed by atoms with Crippen molar-refractivity contribution in [3.8, 4) is 11.5 Å². The zero-order valence-electron chi connectivity index (χ0n) is 18.8. The number of rotatable bonds is 8. The van der Waals surface area contributed by atoms with Gasteiger partial charge >= 0.3 is 0 Å². The molecule has 0 aliphatic rings. The first-order valence-electron chi connectivity index (χ1n) is 9.99. The Morgan fingerprint density at radius 3 is 2.09 bits per heavy atom. The average molecular weight is 468 g/mol. The summed E-state index contributed by atoms with van der Waals surface area (Å²) in [5.41, 5.74) is 4.62. The minimum Gasteiger partial charge on any atom is -0.493 e. The molecule has 3 rings (SSSR count). The molecule has 0 bridgehead atoms. The lowest BCUT2D eigenvalue weighted by atomic mass is 10.1. The van der Waals surface area contributed by atoms with Crippen molar-refractivity contribution in [3.05, 3.63) is 83.9 Å². The zero-order valence-corrected chi connectivity index (χ0v) is 19.6. The van der Waals surface area contributed by atoms with E-state index < -0.39 is 15.9 Å². The van der Waals surface area contributed by atoms with Crippen LogP contribution >= 0.6 is 0 Å². The summed E-state index contributed by atoms with van der Waals surface area (Å²) in [6.07, 6.45) is 0. The molecule has 0 radical (unpaired) electrons. The van der Waals surface area contributed by atoms with Crippen molar-refractivity contribution in [2.45, 2.75) is 11.8 Å². The zero-order chi connectivity index (χ0) is 24.0. The topological polar surface area (TPSA) is 97.3 Å². The molecule has 0 aliphatic heterocycles. The summed E-state index contributed by atoms with van der Waals surface area (Å²) in [4.78, 5) is 12.7. The van der Waals surface area contributed by atoms with Gasteiger partial charge in [0.15, 0.2) is 11.5 Å². The number of nitrogens with zero attached hydrogens (tertiary/aromatic N) is 2. The molecule has 8 nitrogen and oxygen atoms in total. The maximum Gasteiger partial charge on any atom is 0.271 e. The molecule has 9 heteroatoms. The van der Waals surface area contributed by atoms with Crippen LogP contribution in [0.2, 0.25) is 0 Å². The highest BCUT2D eigenvalue weighted by atomic mass is 32.2. The van der Waals surface area contributed by atoms with E-state index >= 15 is 0 Å². The molecule has 3 aromatic carbocycles. The van der Waals surface area contributed by atoms with E-state index in [1.54, 1.807) is 75.7 Å². The second-order valence-corrected chi connectivity index (χ2v) is 9.01. The minimum absolute atomic E-state index is 0.189. The van der Waals surface area contributed by atoms with Crippen molar-refractivity contribution in [1.29, 1.82) is 0 Å². The summed E-state index contributed by atoms with van der Waals surface area (Å²) in [6, 6.07) is 19.7. The Labute approximate surface area is 193 Å². The molecule has 0 saturated carbocycles. The van der Waals surface area contributed by atoms with E-state index in [4.69, 9.17) is 9.47 Å². The third-order valence-electron chi connectivity index (χ3n) is 5.02. The first-order valence-corrected chi connectivity index (χ1v) is 11.4. The second kappa shape index (κ2) is 10.2. The van der Waals surface area contributed by atoms with Crippen molar-refractivity contribution in [3.63, 3.8) is 0 Å². The first kappa shape index (κ1) is 23.8. The third kappa shape index (κ3) is 5.32. The van der Waals surface area contributed by atoms with E-state index in [-0.39, 0.29) is 4.90 Å². The fourth-order valence-corrected chi connectivity index (χ4v) is 4.25. The van der Waals surface area contributed by atoms with Gasteiger partial charge in [-0.15, -0.1) is 0 Å². The van der Waals surface area contributed by atoms with Crippen LogP contribution in [0.3, 0.4) is 0 Å². The molecule has 3 aromatic rings. The second-order valence-electron chi connectivity index (χ2n) is 7.04. The minimum atomic E-state index is -3.70. The monoisotopic (exact) mass is 467 g/mol. The Bertz CT molecular complexity index is 1260. The van der Waals surface area contributed by atoms with E-state index in [9.17, 15) is 13.2 Å². The summed E-state index contributed by atoms with van der Waals surface area (Å²) >= 11 is 0. The molecule has 0 unspecified atom stereocenters. The maximum atomic E-state index is 12.8. The van der Waals surface area contributed by atoms with Crippen LogP contribution in [0.5, 0.6) is 11.5 Å². The number of ether oxygens (including phenoxy) is 2. The van der Waals surface area contributed by atoms with Gasteiger partial charge in [-0.25, -0.2) is 13.8 Å². The molecule has 0 heterocycles. The van der Waals surface area contributed by atoms with Gasteiger partial charge in [0.1, 0.15) is 0 Å². The van der Waals surface area contributed by atoms with Gasteiger partial charge in [-0.2, -0.15) is 5.10 Å². The highest BCUT2D eigenvalue weighted by Gasteiger charge is 2.21. The maximum absolute atomic E-state index is 12.8. The SMILES string of the molecule is COc1ccc(C(C)=NNC(=O)c2ccc(N(C)S(=O)(=O)c3ccccc3)cc2)cc1OC. The number of amides is 1. The molecule has 0 aromatic heterocycles. The van der Waals surface area contributed by atoms with Gasteiger partial charge in [0.05, 0.1) is 30.5 Å². The molecule has 1 amide bonds. The van der Waals surface area contributed by atoms with Gasteiger partial charge in [-0.1, -0.05) is 18.2 Å². The number of sulfonamides is 1. The van der Waals surface area contributed by atoms with Crippen LogP contribution in [-0.4, -0.2) is 41.3 Å². The van der Waals surface area contributed by atoms with Crippen LogP contribution in [0.4, 0.5) is 5.69 Å². The Balaban J connectivity index is 1.72. The molecule has 0 spiro atoms. The number of nitrogens with one attached hydrogen (secondary N) is 1.